The molecule has 0 radical (unpaired) electrons. The van der Waals surface area contributed by atoms with Crippen molar-refractivity contribution < 1.29 is 23.1 Å². The Kier molecular flexibility index (Phi) is 2.14. The largest absolute Gasteiger partial charge is 0.476 e. The van der Waals surface area contributed by atoms with E-state index < -0.39 is 29.5 Å². The number of hydrogen-bond donors (Lipinski definition) is 2. The van der Waals surface area contributed by atoms with Gasteiger partial charge in [-0.1, -0.05) is 0 Å². The van der Waals surface area contributed by atoms with Crippen molar-refractivity contribution in [1.29, 1.82) is 0 Å². The van der Waals surface area contributed by atoms with Crippen LogP contribution < -0.4 is 5.73 Å². The van der Waals surface area contributed by atoms with E-state index in [9.17, 15) is 18.0 Å². The molecule has 0 saturated heterocycles. The molecule has 1 aromatic rings. The lowest BCUT2D eigenvalue weighted by Gasteiger charge is -2.07. The van der Waals surface area contributed by atoms with Gasteiger partial charge in [-0.25, -0.2) is 9.78 Å². The number of nitrogens with two attached hydrogens (primary N) is 1. The van der Waals surface area contributed by atoms with Crippen molar-refractivity contribution in [2.24, 2.45) is 7.05 Å². The summed E-state index contributed by atoms with van der Waals surface area (Å²) in [6.45, 7) is 0. The van der Waals surface area contributed by atoms with Gasteiger partial charge in [0.15, 0.2) is 11.4 Å². The van der Waals surface area contributed by atoms with E-state index in [0.717, 1.165) is 7.05 Å². The third-order valence-electron chi connectivity index (χ3n) is 1.60. The van der Waals surface area contributed by atoms with Crippen molar-refractivity contribution in [2.45, 2.75) is 6.18 Å². The van der Waals surface area contributed by atoms with Gasteiger partial charge in [-0.05, 0) is 0 Å². The van der Waals surface area contributed by atoms with Gasteiger partial charge in [0.25, 0.3) is 0 Å². The van der Waals surface area contributed by atoms with Crippen molar-refractivity contribution in [3.05, 3.63) is 11.4 Å². The Hall–Kier alpha value is -1.73. The summed E-state index contributed by atoms with van der Waals surface area (Å²) >= 11 is 0. The van der Waals surface area contributed by atoms with Crippen LogP contribution in [0.5, 0.6) is 0 Å². The lowest BCUT2D eigenvalue weighted by molar-refractivity contribution is -0.143. The molecule has 0 bridgehead atoms. The van der Waals surface area contributed by atoms with Crippen molar-refractivity contribution >= 4 is 11.9 Å². The van der Waals surface area contributed by atoms with Crippen LogP contribution in [0.15, 0.2) is 0 Å². The van der Waals surface area contributed by atoms with Crippen LogP contribution in [0.4, 0.5) is 19.1 Å². The second kappa shape index (κ2) is 2.89. The van der Waals surface area contributed by atoms with Gasteiger partial charge in [-0.15, -0.1) is 0 Å². The highest BCUT2D eigenvalue weighted by molar-refractivity contribution is 5.87. The summed E-state index contributed by atoms with van der Waals surface area (Å²) in [5.74, 6) is -2.25. The Balaban J connectivity index is 3.46. The van der Waals surface area contributed by atoms with Crippen LogP contribution in [0.1, 0.15) is 16.2 Å². The molecule has 14 heavy (non-hydrogen) atoms. The first kappa shape index (κ1) is 10.4. The van der Waals surface area contributed by atoms with E-state index in [1.807, 2.05) is 0 Å². The van der Waals surface area contributed by atoms with Crippen LogP contribution in [-0.4, -0.2) is 20.6 Å². The minimum Gasteiger partial charge on any atom is -0.476 e. The van der Waals surface area contributed by atoms with Crippen LogP contribution in [-0.2, 0) is 13.2 Å². The van der Waals surface area contributed by atoms with Crippen LogP contribution in [0, 0.1) is 0 Å². The van der Waals surface area contributed by atoms with Gasteiger partial charge in [-0.3, -0.25) is 0 Å². The first-order valence-corrected chi connectivity index (χ1v) is 3.37. The maximum atomic E-state index is 12.3. The number of nitrogen functional groups attached to an aromatic ring is 1. The third-order valence-corrected chi connectivity index (χ3v) is 1.60. The molecule has 0 fully saturated rings. The summed E-state index contributed by atoms with van der Waals surface area (Å²) in [5.41, 5.74) is 2.62. The molecule has 8 heteroatoms. The zero-order chi connectivity index (χ0) is 11.1. The van der Waals surface area contributed by atoms with Gasteiger partial charge in [0, 0.05) is 7.05 Å². The van der Waals surface area contributed by atoms with Crippen LogP contribution >= 0.6 is 0 Å². The smallest absolute Gasteiger partial charge is 0.433 e. The quantitative estimate of drug-likeness (QED) is 0.713. The number of aromatic carboxylic acids is 1. The molecule has 78 valence electrons. The van der Waals surface area contributed by atoms with E-state index in [1.165, 1.54) is 0 Å². The van der Waals surface area contributed by atoms with Crippen molar-refractivity contribution in [2.75, 3.05) is 5.73 Å². The second-order valence-corrected chi connectivity index (χ2v) is 2.53. The van der Waals surface area contributed by atoms with Gasteiger partial charge in [0.05, 0.1) is 0 Å². The standard InChI is InChI=1S/C6H6F3N3O2/c1-12-3(6(7,8)9)2(4(13)14)11-5(12)10/h1H3,(H2,10,11)(H,13,14). The van der Waals surface area contributed by atoms with E-state index in [2.05, 4.69) is 4.98 Å². The van der Waals surface area contributed by atoms with Crippen LogP contribution in [0.3, 0.4) is 0 Å². The molecular weight excluding hydrogens is 203 g/mol. The number of aromatic nitrogens is 2. The molecule has 0 aliphatic rings. The molecule has 0 spiro atoms. The number of anilines is 1. The maximum Gasteiger partial charge on any atom is 0.433 e. The normalized spacial score (nSPS) is 11.7. The van der Waals surface area contributed by atoms with Gasteiger partial charge in [-0.2, -0.15) is 13.2 Å². The summed E-state index contributed by atoms with van der Waals surface area (Å²) in [7, 11) is 0.998. The molecule has 0 aromatic carbocycles. The number of carboxylic acids is 1. The molecule has 1 aromatic heterocycles. The van der Waals surface area contributed by atoms with Crippen LogP contribution in [0.2, 0.25) is 0 Å². The van der Waals surface area contributed by atoms with Gasteiger partial charge in [0.2, 0.25) is 5.95 Å². The monoisotopic (exact) mass is 209 g/mol. The molecule has 5 nitrogen and oxygen atoms in total. The summed E-state index contributed by atoms with van der Waals surface area (Å²) in [6, 6.07) is 0. The molecule has 0 aliphatic carbocycles. The zero-order valence-corrected chi connectivity index (χ0v) is 6.96. The predicted octanol–water partition coefficient (Wildman–Crippen LogP) is 0.719. The van der Waals surface area contributed by atoms with Crippen LogP contribution in [0.25, 0.3) is 0 Å². The summed E-state index contributed by atoms with van der Waals surface area (Å²) in [4.78, 5) is 13.5. The lowest BCUT2D eigenvalue weighted by Crippen LogP contribution is -2.16. The van der Waals surface area contributed by atoms with Crippen molar-refractivity contribution in [3.8, 4) is 0 Å². The lowest BCUT2D eigenvalue weighted by atomic mass is 10.3. The molecular formula is C6H6F3N3O2. The molecule has 0 saturated carbocycles. The van der Waals surface area contributed by atoms with E-state index in [-0.39, 0.29) is 0 Å². The Morgan fingerprint density at radius 2 is 2.07 bits per heavy atom. The molecule has 0 atom stereocenters. The highest BCUT2D eigenvalue weighted by Gasteiger charge is 2.40. The van der Waals surface area contributed by atoms with Gasteiger partial charge < -0.3 is 15.4 Å². The number of carboxylic acid groups (broad SMARTS) is 1. The molecule has 3 N–H and O–H groups in total. The predicted molar refractivity (Wildman–Crippen MR) is 39.6 cm³/mol. The fourth-order valence-electron chi connectivity index (χ4n) is 0.989. The third kappa shape index (κ3) is 1.50. The highest BCUT2D eigenvalue weighted by atomic mass is 19.4. The Morgan fingerprint density at radius 3 is 2.36 bits per heavy atom. The molecule has 0 amide bonds. The number of imidazole rings is 1. The van der Waals surface area contributed by atoms with E-state index in [1.54, 1.807) is 0 Å². The molecule has 1 rings (SSSR count). The highest BCUT2D eigenvalue weighted by Crippen LogP contribution is 2.32. The molecule has 1 heterocycles. The second-order valence-electron chi connectivity index (χ2n) is 2.53. The summed E-state index contributed by atoms with van der Waals surface area (Å²) in [5, 5.41) is 8.44. The van der Waals surface area contributed by atoms with E-state index in [0.29, 0.717) is 4.57 Å². The first-order valence-electron chi connectivity index (χ1n) is 3.37. The van der Waals surface area contributed by atoms with Gasteiger partial charge in [0.1, 0.15) is 0 Å². The van der Waals surface area contributed by atoms with E-state index >= 15 is 0 Å². The zero-order valence-electron chi connectivity index (χ0n) is 6.96. The Bertz CT molecular complexity index is 382. The number of carbonyl (C=O) groups is 1. The summed E-state index contributed by atoms with van der Waals surface area (Å²) in [6.07, 6.45) is -4.78. The maximum absolute atomic E-state index is 12.3. The van der Waals surface area contributed by atoms with E-state index in [4.69, 9.17) is 10.8 Å². The molecule has 0 unspecified atom stereocenters. The fourth-order valence-corrected chi connectivity index (χ4v) is 0.989. The topological polar surface area (TPSA) is 81.1 Å². The average Bonchev–Trinajstić information content (AvgIpc) is 2.27. The minimum absolute atomic E-state index is 0.490. The Labute approximate surface area is 76.0 Å². The van der Waals surface area contributed by atoms with Crippen molar-refractivity contribution in [3.63, 3.8) is 0 Å². The number of nitrogens with zero attached hydrogens (tertiary/aromatic N) is 2. The first-order chi connectivity index (χ1) is 6.25. The fraction of sp³-hybridized carbons (Fsp3) is 0.333. The number of hydrogen-bond acceptors (Lipinski definition) is 3. The summed E-state index contributed by atoms with van der Waals surface area (Å²) < 4.78 is 37.4. The SMILES string of the molecule is Cn1c(N)nc(C(=O)O)c1C(F)(F)F. The minimum atomic E-state index is -4.78. The average molecular weight is 209 g/mol. The molecule has 0 aliphatic heterocycles. The van der Waals surface area contributed by atoms with Crippen molar-refractivity contribution in [1.82, 2.24) is 9.55 Å². The Morgan fingerprint density at radius 1 is 1.57 bits per heavy atom. The van der Waals surface area contributed by atoms with Gasteiger partial charge >= 0.3 is 12.1 Å². The number of alkyl halides is 3. The number of halogens is 3. The number of rotatable bonds is 1.